The van der Waals surface area contributed by atoms with E-state index < -0.39 is 0 Å². The molecular weight excluding hydrogens is 282 g/mol. The van der Waals surface area contributed by atoms with Crippen LogP contribution in [0.3, 0.4) is 0 Å². The van der Waals surface area contributed by atoms with E-state index in [9.17, 15) is 5.11 Å². The number of nitrogens with two attached hydrogens (primary N) is 1. The van der Waals surface area contributed by atoms with Gasteiger partial charge in [0.1, 0.15) is 0 Å². The van der Waals surface area contributed by atoms with Crippen LogP contribution in [-0.2, 0) is 13.1 Å². The molecule has 0 saturated heterocycles. The number of hydrogen-bond donors (Lipinski definition) is 2. The second-order valence-corrected chi connectivity index (χ2v) is 6.79. The first-order valence-corrected chi connectivity index (χ1v) is 8.17. The van der Waals surface area contributed by atoms with Gasteiger partial charge in [-0.2, -0.15) is 0 Å². The van der Waals surface area contributed by atoms with Gasteiger partial charge in [0.05, 0.1) is 6.61 Å². The number of thiazole rings is 1. The molecule has 0 radical (unpaired) electrons. The Balaban J connectivity index is 1.76. The smallest absolute Gasteiger partial charge is 0.180 e. The van der Waals surface area contributed by atoms with Crippen molar-refractivity contribution >= 4 is 16.5 Å². The Kier molecular flexibility index (Phi) is 4.53. The highest BCUT2D eigenvalue weighted by molar-refractivity contribution is 7.15. The van der Waals surface area contributed by atoms with Crippen LogP contribution in [0.25, 0.3) is 0 Å². The van der Waals surface area contributed by atoms with Crippen LogP contribution >= 0.6 is 11.3 Å². The van der Waals surface area contributed by atoms with Gasteiger partial charge in [-0.25, -0.2) is 4.98 Å². The number of nitrogens with zero attached hydrogens (tertiary/aromatic N) is 2. The highest BCUT2D eigenvalue weighted by Crippen LogP contribution is 2.36. The summed E-state index contributed by atoms with van der Waals surface area (Å²) < 4.78 is 0. The molecule has 21 heavy (non-hydrogen) atoms. The van der Waals surface area contributed by atoms with E-state index in [4.69, 9.17) is 5.73 Å². The summed E-state index contributed by atoms with van der Waals surface area (Å²) in [6.07, 6.45) is 4.29. The van der Waals surface area contributed by atoms with Crippen LogP contribution in [0.15, 0.2) is 36.5 Å². The lowest BCUT2D eigenvalue weighted by molar-refractivity contribution is 0.0953. The third kappa shape index (κ3) is 3.81. The van der Waals surface area contributed by atoms with Crippen LogP contribution in [0.4, 0.5) is 5.13 Å². The van der Waals surface area contributed by atoms with Crippen molar-refractivity contribution in [2.24, 2.45) is 5.92 Å². The van der Waals surface area contributed by atoms with Gasteiger partial charge in [-0.1, -0.05) is 30.3 Å². The Morgan fingerprint density at radius 1 is 1.29 bits per heavy atom. The van der Waals surface area contributed by atoms with Crippen LogP contribution in [0.5, 0.6) is 0 Å². The molecule has 0 spiro atoms. The molecule has 3 N–H and O–H groups in total. The van der Waals surface area contributed by atoms with Gasteiger partial charge < -0.3 is 10.8 Å². The number of hydrogen-bond acceptors (Lipinski definition) is 5. The Morgan fingerprint density at radius 3 is 2.62 bits per heavy atom. The molecule has 1 aromatic heterocycles. The Hall–Kier alpha value is -1.43. The van der Waals surface area contributed by atoms with Gasteiger partial charge in [-0.3, -0.25) is 4.90 Å². The lowest BCUT2D eigenvalue weighted by Gasteiger charge is -2.30. The van der Waals surface area contributed by atoms with Crippen LogP contribution in [0.2, 0.25) is 0 Å². The topological polar surface area (TPSA) is 62.4 Å². The predicted octanol–water partition coefficient (Wildman–Crippen LogP) is 2.50. The average Bonchev–Trinajstić information content (AvgIpc) is 3.24. The van der Waals surface area contributed by atoms with E-state index >= 15 is 0 Å². The quantitative estimate of drug-likeness (QED) is 0.825. The summed E-state index contributed by atoms with van der Waals surface area (Å²) in [5, 5.41) is 10.4. The predicted molar refractivity (Wildman–Crippen MR) is 85.8 cm³/mol. The Labute approximate surface area is 129 Å². The zero-order valence-corrected chi connectivity index (χ0v) is 12.8. The van der Waals surface area contributed by atoms with Gasteiger partial charge in [0.25, 0.3) is 0 Å². The second-order valence-electron chi connectivity index (χ2n) is 5.64. The summed E-state index contributed by atoms with van der Waals surface area (Å²) in [6, 6.07) is 10.6. The number of rotatable bonds is 7. The number of aliphatic hydroxyl groups is 1. The van der Waals surface area contributed by atoms with Gasteiger partial charge in [-0.05, 0) is 24.3 Å². The minimum absolute atomic E-state index is 0.214. The van der Waals surface area contributed by atoms with Crippen molar-refractivity contribution < 1.29 is 5.11 Å². The standard InChI is InChI=1S/C16H21N3OS/c17-16-18-8-14(21-16)10-19(15(11-20)13-6-7-13)9-12-4-2-1-3-5-12/h1-5,8,13,15,20H,6-7,9-11H2,(H2,17,18). The number of aromatic nitrogens is 1. The normalized spacial score (nSPS) is 16.3. The van der Waals surface area contributed by atoms with E-state index in [1.54, 1.807) is 0 Å². The van der Waals surface area contributed by atoms with Crippen LogP contribution in [-0.4, -0.2) is 27.6 Å². The Bertz CT molecular complexity index is 568. The molecular formula is C16H21N3OS. The zero-order chi connectivity index (χ0) is 14.7. The summed E-state index contributed by atoms with van der Waals surface area (Å²) in [5.74, 6) is 0.629. The highest BCUT2D eigenvalue weighted by Gasteiger charge is 2.35. The molecule has 1 aliphatic rings. The van der Waals surface area contributed by atoms with Gasteiger partial charge in [-0.15, -0.1) is 11.3 Å². The molecule has 2 aromatic rings. The van der Waals surface area contributed by atoms with Crippen molar-refractivity contribution in [2.75, 3.05) is 12.3 Å². The largest absolute Gasteiger partial charge is 0.395 e. The first kappa shape index (κ1) is 14.5. The molecule has 4 nitrogen and oxygen atoms in total. The molecule has 0 bridgehead atoms. The van der Waals surface area contributed by atoms with E-state index in [1.807, 2.05) is 12.3 Å². The lowest BCUT2D eigenvalue weighted by Crippen LogP contribution is -2.38. The summed E-state index contributed by atoms with van der Waals surface area (Å²) in [4.78, 5) is 7.65. The van der Waals surface area contributed by atoms with E-state index in [1.165, 1.54) is 29.7 Å². The van der Waals surface area contributed by atoms with Gasteiger partial charge >= 0.3 is 0 Å². The van der Waals surface area contributed by atoms with Crippen molar-refractivity contribution in [1.29, 1.82) is 0 Å². The average molecular weight is 303 g/mol. The SMILES string of the molecule is Nc1ncc(CN(Cc2ccccc2)C(CO)C2CC2)s1. The van der Waals surface area contributed by atoms with Gasteiger partial charge in [0, 0.05) is 30.2 Å². The molecule has 0 amide bonds. The van der Waals surface area contributed by atoms with Crippen molar-refractivity contribution in [1.82, 2.24) is 9.88 Å². The molecule has 1 aliphatic carbocycles. The minimum atomic E-state index is 0.214. The van der Waals surface area contributed by atoms with Crippen molar-refractivity contribution in [3.8, 4) is 0 Å². The van der Waals surface area contributed by atoms with Gasteiger partial charge in [0.2, 0.25) is 0 Å². The number of nitrogen functional groups attached to an aromatic ring is 1. The number of benzene rings is 1. The molecule has 1 unspecified atom stereocenters. The maximum atomic E-state index is 9.79. The highest BCUT2D eigenvalue weighted by atomic mass is 32.1. The molecule has 0 aliphatic heterocycles. The van der Waals surface area contributed by atoms with Crippen molar-refractivity contribution in [3.63, 3.8) is 0 Å². The molecule has 5 heteroatoms. The van der Waals surface area contributed by atoms with E-state index in [0.29, 0.717) is 11.0 Å². The lowest BCUT2D eigenvalue weighted by atomic mass is 10.1. The maximum absolute atomic E-state index is 9.79. The van der Waals surface area contributed by atoms with Crippen LogP contribution in [0, 0.1) is 5.92 Å². The maximum Gasteiger partial charge on any atom is 0.180 e. The van der Waals surface area contributed by atoms with E-state index in [2.05, 4.69) is 34.1 Å². The molecule has 1 heterocycles. The fourth-order valence-electron chi connectivity index (χ4n) is 2.75. The summed E-state index contributed by atoms with van der Waals surface area (Å²) in [7, 11) is 0. The van der Waals surface area contributed by atoms with E-state index in [0.717, 1.165) is 18.0 Å². The molecule has 3 rings (SSSR count). The van der Waals surface area contributed by atoms with Crippen molar-refractivity contribution in [3.05, 3.63) is 47.0 Å². The molecule has 1 aromatic carbocycles. The first-order valence-electron chi connectivity index (χ1n) is 7.35. The third-order valence-corrected chi connectivity index (χ3v) is 4.79. The minimum Gasteiger partial charge on any atom is -0.395 e. The zero-order valence-electron chi connectivity index (χ0n) is 12.0. The Morgan fingerprint density at radius 2 is 2.05 bits per heavy atom. The summed E-state index contributed by atoms with van der Waals surface area (Å²) >= 11 is 1.53. The number of anilines is 1. The first-order chi connectivity index (χ1) is 10.3. The van der Waals surface area contributed by atoms with Crippen LogP contribution in [0.1, 0.15) is 23.3 Å². The fourth-order valence-corrected chi connectivity index (χ4v) is 3.46. The molecule has 1 saturated carbocycles. The van der Waals surface area contributed by atoms with Crippen molar-refractivity contribution in [2.45, 2.75) is 32.0 Å². The second kappa shape index (κ2) is 6.56. The van der Waals surface area contributed by atoms with E-state index in [-0.39, 0.29) is 12.6 Å². The molecule has 1 atom stereocenters. The van der Waals surface area contributed by atoms with Gasteiger partial charge in [0.15, 0.2) is 5.13 Å². The summed E-state index contributed by atoms with van der Waals surface area (Å²) in [6.45, 7) is 1.86. The fraction of sp³-hybridized carbons (Fsp3) is 0.438. The molecule has 112 valence electrons. The number of aliphatic hydroxyl groups excluding tert-OH is 1. The third-order valence-electron chi connectivity index (χ3n) is 3.98. The molecule has 1 fully saturated rings. The monoisotopic (exact) mass is 303 g/mol. The summed E-state index contributed by atoms with van der Waals surface area (Å²) in [5.41, 5.74) is 7.00. The van der Waals surface area contributed by atoms with Crippen LogP contribution < -0.4 is 5.73 Å².